The average Bonchev–Trinajstić information content (AvgIpc) is 2.74. The molecule has 0 saturated carbocycles. The number of carbonyl (C=O) groups excluding carboxylic acids is 2. The number of amides is 1. The van der Waals surface area contributed by atoms with Crippen LogP contribution in [0.3, 0.4) is 0 Å². The zero-order valence-corrected chi connectivity index (χ0v) is 18.4. The number of hydrogen-bond donors (Lipinski definition) is 1. The van der Waals surface area contributed by atoms with Crippen LogP contribution < -0.4 is 5.32 Å². The zero-order valence-electron chi connectivity index (χ0n) is 17.6. The molecule has 1 unspecified atom stereocenters. The van der Waals surface area contributed by atoms with Crippen LogP contribution in [0.15, 0.2) is 69.7 Å². The zero-order chi connectivity index (χ0) is 21.3. The van der Waals surface area contributed by atoms with Crippen molar-refractivity contribution in [3.63, 3.8) is 0 Å². The molecule has 1 heterocycles. The van der Waals surface area contributed by atoms with E-state index in [2.05, 4.69) is 29.6 Å². The molecule has 0 spiro atoms. The fourth-order valence-electron chi connectivity index (χ4n) is 4.44. The van der Waals surface area contributed by atoms with Gasteiger partial charge in [-0.1, -0.05) is 30.3 Å². The summed E-state index contributed by atoms with van der Waals surface area (Å²) in [6.45, 7) is 3.88. The predicted octanol–water partition coefficient (Wildman–Crippen LogP) is 5.54. The van der Waals surface area contributed by atoms with E-state index in [0.717, 1.165) is 51.5 Å². The smallest absolute Gasteiger partial charge is 0.234 e. The van der Waals surface area contributed by atoms with Crippen molar-refractivity contribution in [1.29, 1.82) is 0 Å². The van der Waals surface area contributed by atoms with Crippen molar-refractivity contribution < 1.29 is 9.59 Å². The molecule has 2 aliphatic rings. The highest BCUT2D eigenvalue weighted by Gasteiger charge is 2.42. The predicted molar refractivity (Wildman–Crippen MR) is 123 cm³/mol. The first-order chi connectivity index (χ1) is 14.5. The molecule has 4 rings (SSSR count). The van der Waals surface area contributed by atoms with Gasteiger partial charge in [0.05, 0.1) is 5.92 Å². The van der Waals surface area contributed by atoms with Crippen molar-refractivity contribution in [2.45, 2.75) is 43.9 Å². The highest BCUT2D eigenvalue weighted by Crippen LogP contribution is 2.43. The fraction of sp³-hybridized carbons (Fsp3) is 0.320. The van der Waals surface area contributed by atoms with Gasteiger partial charge in [0.2, 0.25) is 5.91 Å². The minimum Gasteiger partial charge on any atom is -0.325 e. The minimum atomic E-state index is -0.509. The minimum absolute atomic E-state index is 0.116. The van der Waals surface area contributed by atoms with Crippen molar-refractivity contribution in [2.75, 3.05) is 11.6 Å². The summed E-state index contributed by atoms with van der Waals surface area (Å²) in [6.07, 6.45) is 4.19. The molecular weight excluding hydrogens is 392 g/mol. The Morgan fingerprint density at radius 3 is 2.50 bits per heavy atom. The Bertz CT molecular complexity index is 1050. The summed E-state index contributed by atoms with van der Waals surface area (Å²) in [4.78, 5) is 32.3. The number of carbonyl (C=O) groups is 2. The van der Waals surface area contributed by atoms with E-state index in [1.807, 2.05) is 44.4 Å². The Kier molecular flexibility index (Phi) is 5.91. The third-order valence-corrected chi connectivity index (χ3v) is 6.74. The van der Waals surface area contributed by atoms with E-state index in [-0.39, 0.29) is 17.6 Å². The molecule has 30 heavy (non-hydrogen) atoms. The van der Waals surface area contributed by atoms with Crippen LogP contribution in [-0.4, -0.2) is 23.7 Å². The Hall–Kier alpha value is -2.66. The van der Waals surface area contributed by atoms with Crippen molar-refractivity contribution >= 4 is 34.9 Å². The SMILES string of the molecule is CSc1ccc([C@@H]2C3=C(CCCC3=O)N=C(C)C2C(=O)Nc2ccccc2C)cc1. The first-order valence-electron chi connectivity index (χ1n) is 10.3. The van der Waals surface area contributed by atoms with Gasteiger partial charge in [0.1, 0.15) is 0 Å². The molecule has 2 aromatic carbocycles. The van der Waals surface area contributed by atoms with Gasteiger partial charge >= 0.3 is 0 Å². The van der Waals surface area contributed by atoms with Crippen LogP contribution >= 0.6 is 11.8 Å². The summed E-state index contributed by atoms with van der Waals surface area (Å²) in [5.41, 5.74) is 5.16. The molecule has 4 nitrogen and oxygen atoms in total. The second-order valence-electron chi connectivity index (χ2n) is 7.92. The molecular formula is C25H26N2O2S. The van der Waals surface area contributed by atoms with Crippen LogP contribution in [0.2, 0.25) is 0 Å². The van der Waals surface area contributed by atoms with Gasteiger partial charge in [-0.25, -0.2) is 0 Å². The van der Waals surface area contributed by atoms with E-state index >= 15 is 0 Å². The van der Waals surface area contributed by atoms with Crippen LogP contribution in [0.25, 0.3) is 0 Å². The van der Waals surface area contributed by atoms with Gasteiger partial charge in [-0.05, 0) is 62.3 Å². The lowest BCUT2D eigenvalue weighted by atomic mass is 9.71. The lowest BCUT2D eigenvalue weighted by molar-refractivity contribution is -0.119. The summed E-state index contributed by atoms with van der Waals surface area (Å²) in [5.74, 6) is -0.801. The third kappa shape index (κ3) is 3.86. The quantitative estimate of drug-likeness (QED) is 0.664. The summed E-state index contributed by atoms with van der Waals surface area (Å²) in [7, 11) is 0. The Labute approximate surface area is 181 Å². The molecule has 2 atom stereocenters. The molecule has 0 saturated heterocycles. The highest BCUT2D eigenvalue weighted by molar-refractivity contribution is 7.98. The number of Topliss-reactive ketones (excluding diaryl/α,β-unsaturated/α-hetero) is 1. The maximum Gasteiger partial charge on any atom is 0.234 e. The summed E-state index contributed by atoms with van der Waals surface area (Å²) < 4.78 is 0. The topological polar surface area (TPSA) is 58.5 Å². The molecule has 1 aliphatic heterocycles. The average molecular weight is 419 g/mol. The number of ketones is 1. The number of para-hydroxylation sites is 1. The number of aliphatic imine (C=N–C) groups is 1. The van der Waals surface area contributed by atoms with Gasteiger partial charge in [-0.3, -0.25) is 14.6 Å². The maximum absolute atomic E-state index is 13.5. The fourth-order valence-corrected chi connectivity index (χ4v) is 4.85. The van der Waals surface area contributed by atoms with E-state index < -0.39 is 5.92 Å². The molecule has 0 aromatic heterocycles. The molecule has 1 amide bonds. The standard InChI is InChI=1S/C25H26N2O2S/c1-15-7-4-5-8-19(15)27-25(29)22-16(2)26-20-9-6-10-21(28)24(20)23(22)17-11-13-18(30-3)14-12-17/h4-5,7-8,11-14,22-23H,6,9-10H2,1-3H3,(H,27,29)/t22?,23-/m0/s1. The summed E-state index contributed by atoms with van der Waals surface area (Å²) in [6, 6.07) is 16.0. The number of nitrogens with one attached hydrogen (secondary N) is 1. The second-order valence-corrected chi connectivity index (χ2v) is 8.80. The molecule has 1 aliphatic carbocycles. The lowest BCUT2D eigenvalue weighted by Gasteiger charge is -2.35. The van der Waals surface area contributed by atoms with E-state index in [0.29, 0.717) is 6.42 Å². The third-order valence-electron chi connectivity index (χ3n) is 5.99. The lowest BCUT2D eigenvalue weighted by Crippen LogP contribution is -2.39. The largest absolute Gasteiger partial charge is 0.325 e. The van der Waals surface area contributed by atoms with Crippen molar-refractivity contribution in [3.8, 4) is 0 Å². The van der Waals surface area contributed by atoms with E-state index in [1.165, 1.54) is 0 Å². The van der Waals surface area contributed by atoms with Crippen LogP contribution in [-0.2, 0) is 9.59 Å². The monoisotopic (exact) mass is 418 g/mol. The molecule has 0 radical (unpaired) electrons. The number of benzene rings is 2. The van der Waals surface area contributed by atoms with Crippen molar-refractivity contribution in [3.05, 3.63) is 70.9 Å². The number of rotatable bonds is 4. The molecule has 1 N–H and O–H groups in total. The Morgan fingerprint density at radius 1 is 1.07 bits per heavy atom. The second kappa shape index (κ2) is 8.60. The molecule has 5 heteroatoms. The van der Waals surface area contributed by atoms with Crippen LogP contribution in [0.1, 0.15) is 43.2 Å². The molecule has 0 fully saturated rings. The molecule has 0 bridgehead atoms. The summed E-state index contributed by atoms with van der Waals surface area (Å²) in [5, 5.41) is 3.09. The number of thioether (sulfide) groups is 1. The van der Waals surface area contributed by atoms with Gasteiger partial charge in [0, 0.05) is 39.9 Å². The van der Waals surface area contributed by atoms with Crippen LogP contribution in [0.4, 0.5) is 5.69 Å². The first kappa shape index (κ1) is 20.6. The number of allylic oxidation sites excluding steroid dienone is 2. The van der Waals surface area contributed by atoms with Gasteiger partial charge in [-0.15, -0.1) is 11.8 Å². The van der Waals surface area contributed by atoms with E-state index in [1.54, 1.807) is 11.8 Å². The van der Waals surface area contributed by atoms with E-state index in [9.17, 15) is 9.59 Å². The van der Waals surface area contributed by atoms with Crippen LogP contribution in [0, 0.1) is 12.8 Å². The van der Waals surface area contributed by atoms with Gasteiger partial charge in [-0.2, -0.15) is 0 Å². The number of aryl methyl sites for hydroxylation is 1. The van der Waals surface area contributed by atoms with Gasteiger partial charge < -0.3 is 5.32 Å². The Balaban J connectivity index is 1.77. The van der Waals surface area contributed by atoms with E-state index in [4.69, 9.17) is 4.99 Å². The maximum atomic E-state index is 13.5. The number of anilines is 1. The molecule has 2 aromatic rings. The van der Waals surface area contributed by atoms with Crippen molar-refractivity contribution in [1.82, 2.24) is 0 Å². The normalized spacial score (nSPS) is 21.2. The summed E-state index contributed by atoms with van der Waals surface area (Å²) >= 11 is 1.68. The first-order valence-corrected chi connectivity index (χ1v) is 11.5. The Morgan fingerprint density at radius 2 is 1.80 bits per heavy atom. The van der Waals surface area contributed by atoms with Gasteiger partial charge in [0.15, 0.2) is 5.78 Å². The highest BCUT2D eigenvalue weighted by atomic mass is 32.2. The van der Waals surface area contributed by atoms with Crippen molar-refractivity contribution in [2.24, 2.45) is 10.9 Å². The number of hydrogen-bond acceptors (Lipinski definition) is 4. The van der Waals surface area contributed by atoms with Gasteiger partial charge in [0.25, 0.3) is 0 Å². The van der Waals surface area contributed by atoms with Crippen LogP contribution in [0.5, 0.6) is 0 Å². The number of nitrogens with zero attached hydrogens (tertiary/aromatic N) is 1. The molecule has 154 valence electrons.